The van der Waals surface area contributed by atoms with Gasteiger partial charge in [0.15, 0.2) is 9.84 Å². The van der Waals surface area contributed by atoms with Crippen molar-refractivity contribution in [3.63, 3.8) is 0 Å². The van der Waals surface area contributed by atoms with E-state index in [9.17, 15) is 18.3 Å². The summed E-state index contributed by atoms with van der Waals surface area (Å²) < 4.78 is 34.9. The number of hydrogen-bond acceptors (Lipinski definition) is 7. The molecule has 0 aliphatic rings. The Labute approximate surface area is 174 Å². The van der Waals surface area contributed by atoms with Crippen LogP contribution in [0.25, 0.3) is 0 Å². The first-order valence-corrected chi connectivity index (χ1v) is 10.9. The normalized spacial score (nSPS) is 11.3. The summed E-state index contributed by atoms with van der Waals surface area (Å²) in [4.78, 5) is 12.5. The second-order valence-electron chi connectivity index (χ2n) is 6.65. The molecular formula is C21H22N2O6S. The van der Waals surface area contributed by atoms with Gasteiger partial charge in [0.1, 0.15) is 23.9 Å². The Morgan fingerprint density at radius 3 is 2.47 bits per heavy atom. The summed E-state index contributed by atoms with van der Waals surface area (Å²) in [6.07, 6.45) is 0. The van der Waals surface area contributed by atoms with Gasteiger partial charge >= 0.3 is 0 Å². The van der Waals surface area contributed by atoms with E-state index in [-0.39, 0.29) is 22.1 Å². The third kappa shape index (κ3) is 4.62. The van der Waals surface area contributed by atoms with Crippen molar-refractivity contribution in [2.24, 2.45) is 0 Å². The number of sulfone groups is 1. The Morgan fingerprint density at radius 2 is 1.87 bits per heavy atom. The molecule has 0 aliphatic carbocycles. The fraction of sp³-hybridized carbons (Fsp3) is 0.238. The number of anilines is 1. The molecule has 0 atom stereocenters. The number of nitrogens with one attached hydrogen (secondary N) is 1. The van der Waals surface area contributed by atoms with Gasteiger partial charge < -0.3 is 19.7 Å². The Kier molecular flexibility index (Phi) is 6.12. The van der Waals surface area contributed by atoms with E-state index in [0.717, 1.165) is 11.3 Å². The lowest BCUT2D eigenvalue weighted by Gasteiger charge is -2.10. The monoisotopic (exact) mass is 430 g/mol. The van der Waals surface area contributed by atoms with Crippen molar-refractivity contribution in [1.82, 2.24) is 5.16 Å². The smallest absolute Gasteiger partial charge is 0.255 e. The predicted molar refractivity (Wildman–Crippen MR) is 111 cm³/mol. The summed E-state index contributed by atoms with van der Waals surface area (Å²) in [7, 11) is -3.46. The summed E-state index contributed by atoms with van der Waals surface area (Å²) in [5.74, 6) is 0.452. The minimum Gasteiger partial charge on any atom is -0.506 e. The molecule has 0 saturated carbocycles. The molecule has 0 radical (unpaired) electrons. The highest BCUT2D eigenvalue weighted by molar-refractivity contribution is 7.91. The lowest BCUT2D eigenvalue weighted by Crippen LogP contribution is -2.13. The van der Waals surface area contributed by atoms with Gasteiger partial charge in [0.2, 0.25) is 0 Å². The molecular weight excluding hydrogens is 408 g/mol. The molecule has 158 valence electrons. The minimum absolute atomic E-state index is 0.0215. The number of rotatable bonds is 7. The first-order chi connectivity index (χ1) is 14.2. The third-order valence-electron chi connectivity index (χ3n) is 4.64. The van der Waals surface area contributed by atoms with Crippen LogP contribution < -0.4 is 10.1 Å². The van der Waals surface area contributed by atoms with E-state index in [1.54, 1.807) is 24.3 Å². The standard InChI is InChI=1S/C21H22N2O6S/c1-4-30(26,27)17-9-10-20(24)19(11-17)22-21(25)15-5-7-16(8-6-15)28-12-18-13(2)23-29-14(18)3/h5-11,24H,4,12H2,1-3H3,(H,22,25). The first-order valence-electron chi connectivity index (χ1n) is 9.23. The molecule has 9 heteroatoms. The molecule has 30 heavy (non-hydrogen) atoms. The number of aryl methyl sites for hydroxylation is 2. The molecule has 0 unspecified atom stereocenters. The highest BCUT2D eigenvalue weighted by atomic mass is 32.2. The molecule has 0 bridgehead atoms. The van der Waals surface area contributed by atoms with Crippen molar-refractivity contribution in [1.29, 1.82) is 0 Å². The van der Waals surface area contributed by atoms with Crippen molar-refractivity contribution in [3.8, 4) is 11.5 Å². The molecule has 1 heterocycles. The zero-order valence-electron chi connectivity index (χ0n) is 16.8. The second kappa shape index (κ2) is 8.58. The molecule has 1 amide bonds. The first kappa shape index (κ1) is 21.4. The number of amides is 1. The summed E-state index contributed by atoms with van der Waals surface area (Å²) in [6.45, 7) is 5.45. The predicted octanol–water partition coefficient (Wildman–Crippen LogP) is 3.62. The Hall–Kier alpha value is -3.33. The molecule has 0 spiro atoms. The van der Waals surface area contributed by atoms with Gasteiger partial charge in [0, 0.05) is 5.56 Å². The molecule has 2 aromatic carbocycles. The fourth-order valence-corrected chi connectivity index (χ4v) is 3.64. The van der Waals surface area contributed by atoms with Crippen molar-refractivity contribution >= 4 is 21.4 Å². The van der Waals surface area contributed by atoms with E-state index in [4.69, 9.17) is 9.26 Å². The second-order valence-corrected chi connectivity index (χ2v) is 8.93. The lowest BCUT2D eigenvalue weighted by molar-refractivity contribution is 0.102. The number of phenolic OH excluding ortho intramolecular Hbond substituents is 1. The zero-order valence-corrected chi connectivity index (χ0v) is 17.6. The molecule has 0 aliphatic heterocycles. The number of carbonyl (C=O) groups is 1. The van der Waals surface area contributed by atoms with Crippen LogP contribution in [-0.4, -0.2) is 30.3 Å². The average molecular weight is 430 g/mol. The number of aromatic hydroxyl groups is 1. The van der Waals surface area contributed by atoms with E-state index < -0.39 is 15.7 Å². The molecule has 0 fully saturated rings. The summed E-state index contributed by atoms with van der Waals surface area (Å²) in [5, 5.41) is 16.4. The van der Waals surface area contributed by atoms with Gasteiger partial charge in [-0.2, -0.15) is 0 Å². The maximum absolute atomic E-state index is 12.5. The third-order valence-corrected chi connectivity index (χ3v) is 6.37. The van der Waals surface area contributed by atoms with Crippen LogP contribution >= 0.6 is 0 Å². The molecule has 8 nitrogen and oxygen atoms in total. The summed E-state index contributed by atoms with van der Waals surface area (Å²) >= 11 is 0. The highest BCUT2D eigenvalue weighted by Gasteiger charge is 2.16. The maximum Gasteiger partial charge on any atom is 0.255 e. The van der Waals surface area contributed by atoms with Gasteiger partial charge in [-0.15, -0.1) is 0 Å². The Bertz CT molecular complexity index is 1150. The van der Waals surface area contributed by atoms with E-state index in [1.807, 2.05) is 13.8 Å². The molecule has 1 aromatic heterocycles. The van der Waals surface area contributed by atoms with Crippen LogP contribution in [0.2, 0.25) is 0 Å². The van der Waals surface area contributed by atoms with Gasteiger partial charge in [0.05, 0.1) is 27.6 Å². The Balaban J connectivity index is 1.70. The van der Waals surface area contributed by atoms with Crippen molar-refractivity contribution < 1.29 is 27.6 Å². The van der Waals surface area contributed by atoms with Gasteiger partial charge in [-0.3, -0.25) is 4.79 Å². The number of ether oxygens (including phenoxy) is 1. The number of aromatic nitrogens is 1. The lowest BCUT2D eigenvalue weighted by atomic mass is 10.2. The Morgan fingerprint density at radius 1 is 1.17 bits per heavy atom. The quantitative estimate of drug-likeness (QED) is 0.550. The van der Waals surface area contributed by atoms with Crippen LogP contribution in [0.5, 0.6) is 11.5 Å². The van der Waals surface area contributed by atoms with E-state index >= 15 is 0 Å². The van der Waals surface area contributed by atoms with E-state index in [0.29, 0.717) is 23.7 Å². The SMILES string of the molecule is CCS(=O)(=O)c1ccc(O)c(NC(=O)c2ccc(OCc3c(C)noc3C)cc2)c1. The largest absolute Gasteiger partial charge is 0.506 e. The minimum atomic E-state index is -3.46. The molecule has 2 N–H and O–H groups in total. The van der Waals surface area contributed by atoms with Crippen LogP contribution in [-0.2, 0) is 16.4 Å². The van der Waals surface area contributed by atoms with Gasteiger partial charge in [-0.25, -0.2) is 8.42 Å². The number of nitrogens with zero attached hydrogens (tertiary/aromatic N) is 1. The number of carbonyl (C=O) groups excluding carboxylic acids is 1. The van der Waals surface area contributed by atoms with Gasteiger partial charge in [-0.1, -0.05) is 12.1 Å². The maximum atomic E-state index is 12.5. The number of benzene rings is 2. The number of hydrogen-bond donors (Lipinski definition) is 2. The zero-order chi connectivity index (χ0) is 21.9. The van der Waals surface area contributed by atoms with Crippen LogP contribution in [0.3, 0.4) is 0 Å². The topological polar surface area (TPSA) is 119 Å². The van der Waals surface area contributed by atoms with Crippen molar-refractivity contribution in [2.75, 3.05) is 11.1 Å². The number of phenols is 1. The summed E-state index contributed by atoms with van der Waals surface area (Å²) in [6, 6.07) is 10.2. The fourth-order valence-electron chi connectivity index (χ4n) is 2.74. The highest BCUT2D eigenvalue weighted by Crippen LogP contribution is 2.27. The van der Waals surface area contributed by atoms with Gasteiger partial charge in [0.25, 0.3) is 5.91 Å². The van der Waals surface area contributed by atoms with Crippen LogP contribution in [0.15, 0.2) is 51.9 Å². The van der Waals surface area contributed by atoms with Crippen molar-refractivity contribution in [2.45, 2.75) is 32.3 Å². The van der Waals surface area contributed by atoms with Crippen LogP contribution in [0, 0.1) is 13.8 Å². The molecule has 3 aromatic rings. The van der Waals surface area contributed by atoms with Crippen molar-refractivity contribution in [3.05, 3.63) is 65.0 Å². The summed E-state index contributed by atoms with van der Waals surface area (Å²) in [5.41, 5.74) is 1.97. The van der Waals surface area contributed by atoms with E-state index in [2.05, 4.69) is 10.5 Å². The molecule has 0 saturated heterocycles. The van der Waals surface area contributed by atoms with E-state index in [1.165, 1.54) is 25.1 Å². The van der Waals surface area contributed by atoms with Crippen LogP contribution in [0.1, 0.15) is 34.3 Å². The van der Waals surface area contributed by atoms with Gasteiger partial charge in [-0.05, 0) is 56.3 Å². The molecule has 3 rings (SSSR count). The van der Waals surface area contributed by atoms with Crippen LogP contribution in [0.4, 0.5) is 5.69 Å². The average Bonchev–Trinajstić information content (AvgIpc) is 3.05.